The fraction of sp³-hybridized carbons (Fsp3) is 0.250. The molecule has 2 aromatic carbocycles. The average Bonchev–Trinajstić information content (AvgIpc) is 2.82. The Hall–Kier alpha value is -2.82. The molecule has 1 aromatic heterocycles. The Balaban J connectivity index is 1.99. The van der Waals surface area contributed by atoms with Crippen molar-refractivity contribution in [1.29, 1.82) is 0 Å². The van der Waals surface area contributed by atoms with Crippen LogP contribution in [0.3, 0.4) is 0 Å². The van der Waals surface area contributed by atoms with Gasteiger partial charge in [-0.2, -0.15) is 0 Å². The van der Waals surface area contributed by atoms with Gasteiger partial charge in [0.1, 0.15) is 10.6 Å². The number of aromatic nitrogens is 2. The lowest BCUT2D eigenvalue weighted by Crippen LogP contribution is -2.39. The van der Waals surface area contributed by atoms with Crippen molar-refractivity contribution in [3.8, 4) is 5.88 Å². The quantitative estimate of drug-likeness (QED) is 0.330. The van der Waals surface area contributed by atoms with Gasteiger partial charge in [0.2, 0.25) is 11.8 Å². The van der Waals surface area contributed by atoms with E-state index in [9.17, 15) is 19.5 Å². The standard InChI is InChI=1S/C24H24BrClN4O4S/c1-5-14-11-15(25)10-13(2)20(14)28-18(31)12-35-21(27-17-8-6-16(26)7-9-17)19-22(32)29(3)24(34)30(4)23(19)33/h6-11,32H,5,12H2,1-4H3,(H,28,31). The van der Waals surface area contributed by atoms with Crippen LogP contribution < -0.4 is 16.6 Å². The lowest BCUT2D eigenvalue weighted by molar-refractivity contribution is -0.113. The van der Waals surface area contributed by atoms with Gasteiger partial charge < -0.3 is 10.4 Å². The molecule has 0 saturated heterocycles. The molecule has 2 N–H and O–H groups in total. The number of rotatable bonds is 6. The molecular weight excluding hydrogens is 556 g/mol. The van der Waals surface area contributed by atoms with Crippen LogP contribution in [0.1, 0.15) is 23.6 Å². The van der Waals surface area contributed by atoms with Gasteiger partial charge in [-0.15, -0.1) is 0 Å². The summed E-state index contributed by atoms with van der Waals surface area (Å²) in [6, 6.07) is 10.4. The largest absolute Gasteiger partial charge is 0.494 e. The maximum absolute atomic E-state index is 12.9. The Morgan fingerprint density at radius 3 is 2.46 bits per heavy atom. The van der Waals surface area contributed by atoms with E-state index in [1.165, 1.54) is 14.1 Å². The second kappa shape index (κ2) is 11.3. The Kier molecular flexibility index (Phi) is 8.63. The Morgan fingerprint density at radius 2 is 1.83 bits per heavy atom. The van der Waals surface area contributed by atoms with Crippen molar-refractivity contribution in [1.82, 2.24) is 9.13 Å². The summed E-state index contributed by atoms with van der Waals surface area (Å²) in [7, 11) is 2.66. The number of nitrogens with one attached hydrogen (secondary N) is 1. The minimum Gasteiger partial charge on any atom is -0.494 e. The van der Waals surface area contributed by atoms with Crippen LogP contribution in [-0.4, -0.2) is 30.9 Å². The number of hydrogen-bond acceptors (Lipinski definition) is 6. The summed E-state index contributed by atoms with van der Waals surface area (Å²) in [5.41, 5.74) is 1.52. The number of halogens is 2. The molecule has 0 aliphatic carbocycles. The minimum absolute atomic E-state index is 0.0868. The minimum atomic E-state index is -0.719. The van der Waals surface area contributed by atoms with Gasteiger partial charge in [-0.3, -0.25) is 18.7 Å². The summed E-state index contributed by atoms with van der Waals surface area (Å²) in [6.45, 7) is 3.91. The molecule has 8 nitrogen and oxygen atoms in total. The molecule has 0 bridgehead atoms. The van der Waals surface area contributed by atoms with Gasteiger partial charge in [0.15, 0.2) is 0 Å². The first-order valence-electron chi connectivity index (χ1n) is 10.6. The predicted octanol–water partition coefficient (Wildman–Crippen LogP) is 4.53. The third kappa shape index (κ3) is 6.06. The SMILES string of the molecule is CCc1cc(Br)cc(C)c1NC(=O)CSC(=Nc1ccc(Cl)cc1)c1c(O)n(C)c(=O)n(C)c1=O. The number of carbonyl (C=O) groups is 1. The molecule has 3 rings (SSSR count). The number of thioether (sulfide) groups is 1. The zero-order valence-corrected chi connectivity index (χ0v) is 22.7. The van der Waals surface area contributed by atoms with Gasteiger partial charge in [0, 0.05) is 29.3 Å². The molecule has 11 heteroatoms. The van der Waals surface area contributed by atoms with Crippen molar-refractivity contribution in [2.24, 2.45) is 19.1 Å². The molecule has 3 aromatic rings. The second-order valence-electron chi connectivity index (χ2n) is 7.74. The van der Waals surface area contributed by atoms with E-state index < -0.39 is 17.1 Å². The fourth-order valence-corrected chi connectivity index (χ4v) is 4.97. The fourth-order valence-electron chi connectivity index (χ4n) is 3.39. The van der Waals surface area contributed by atoms with Crippen molar-refractivity contribution < 1.29 is 9.90 Å². The highest BCUT2D eigenvalue weighted by molar-refractivity contribution is 9.10. The van der Waals surface area contributed by atoms with Crippen LogP contribution in [0.15, 0.2) is 55.5 Å². The number of nitrogens with zero attached hydrogens (tertiary/aromatic N) is 3. The van der Waals surface area contributed by atoms with E-state index in [1.54, 1.807) is 24.3 Å². The number of aliphatic imine (C=N–C) groups is 1. The van der Waals surface area contributed by atoms with Gasteiger partial charge in [-0.05, 0) is 60.9 Å². The maximum atomic E-state index is 12.9. The van der Waals surface area contributed by atoms with Gasteiger partial charge in [-0.25, -0.2) is 9.79 Å². The van der Waals surface area contributed by atoms with Crippen molar-refractivity contribution >= 4 is 61.6 Å². The third-order valence-electron chi connectivity index (χ3n) is 5.27. The molecule has 1 heterocycles. The van der Waals surface area contributed by atoms with E-state index in [0.717, 1.165) is 48.6 Å². The Morgan fingerprint density at radius 1 is 1.17 bits per heavy atom. The van der Waals surface area contributed by atoms with E-state index in [2.05, 4.69) is 26.2 Å². The van der Waals surface area contributed by atoms with Crippen LogP contribution in [0, 0.1) is 6.92 Å². The van der Waals surface area contributed by atoms with Crippen LogP contribution >= 0.6 is 39.3 Å². The maximum Gasteiger partial charge on any atom is 0.333 e. The van der Waals surface area contributed by atoms with Crippen molar-refractivity contribution in [3.63, 3.8) is 0 Å². The Bertz CT molecular complexity index is 1430. The number of benzene rings is 2. The smallest absolute Gasteiger partial charge is 0.333 e. The molecule has 0 aliphatic rings. The topological polar surface area (TPSA) is 106 Å². The van der Waals surface area contributed by atoms with E-state index >= 15 is 0 Å². The van der Waals surface area contributed by atoms with E-state index in [4.69, 9.17) is 11.6 Å². The molecule has 35 heavy (non-hydrogen) atoms. The number of carbonyl (C=O) groups excluding carboxylic acids is 1. The predicted molar refractivity (Wildman–Crippen MR) is 146 cm³/mol. The van der Waals surface area contributed by atoms with Crippen molar-refractivity contribution in [3.05, 3.63) is 83.4 Å². The second-order valence-corrected chi connectivity index (χ2v) is 10.1. The third-order valence-corrected chi connectivity index (χ3v) is 6.96. The van der Waals surface area contributed by atoms with E-state index in [1.807, 2.05) is 26.0 Å². The molecular formula is C24H24BrClN4O4S. The number of aryl methyl sites for hydroxylation is 2. The highest BCUT2D eigenvalue weighted by Crippen LogP contribution is 2.28. The van der Waals surface area contributed by atoms with Gasteiger partial charge in [0.25, 0.3) is 5.56 Å². The van der Waals surface area contributed by atoms with E-state index in [0.29, 0.717) is 10.7 Å². The lowest BCUT2D eigenvalue weighted by Gasteiger charge is -2.15. The zero-order valence-electron chi connectivity index (χ0n) is 19.6. The van der Waals surface area contributed by atoms with Gasteiger partial charge in [-0.1, -0.05) is 46.2 Å². The molecule has 0 fully saturated rings. The van der Waals surface area contributed by atoms with Crippen molar-refractivity contribution in [2.45, 2.75) is 20.3 Å². The van der Waals surface area contributed by atoms with Crippen LogP contribution in [0.25, 0.3) is 0 Å². The molecule has 184 valence electrons. The summed E-state index contributed by atoms with van der Waals surface area (Å²) in [6.07, 6.45) is 0.730. The first-order chi connectivity index (χ1) is 16.5. The van der Waals surface area contributed by atoms with Crippen molar-refractivity contribution in [2.75, 3.05) is 11.1 Å². The van der Waals surface area contributed by atoms with Crippen LogP contribution in [0.2, 0.25) is 5.02 Å². The average molecular weight is 580 g/mol. The van der Waals surface area contributed by atoms with Crippen LogP contribution in [0.5, 0.6) is 5.88 Å². The summed E-state index contributed by atoms with van der Waals surface area (Å²) in [5, 5.41) is 14.2. The normalized spacial score (nSPS) is 11.5. The first kappa shape index (κ1) is 26.8. The summed E-state index contributed by atoms with van der Waals surface area (Å²) >= 11 is 10.4. The summed E-state index contributed by atoms with van der Waals surface area (Å²) < 4.78 is 2.76. The Labute approximate surface area is 219 Å². The monoisotopic (exact) mass is 578 g/mol. The summed E-state index contributed by atoms with van der Waals surface area (Å²) in [5.74, 6) is -0.924. The highest BCUT2D eigenvalue weighted by Gasteiger charge is 2.22. The first-order valence-corrected chi connectivity index (χ1v) is 12.7. The molecule has 0 unspecified atom stereocenters. The highest BCUT2D eigenvalue weighted by atomic mass is 79.9. The number of anilines is 1. The lowest BCUT2D eigenvalue weighted by atomic mass is 10.1. The molecule has 0 spiro atoms. The number of aromatic hydroxyl groups is 1. The van der Waals surface area contributed by atoms with Crippen LogP contribution in [-0.2, 0) is 25.3 Å². The number of hydrogen-bond donors (Lipinski definition) is 2. The van der Waals surface area contributed by atoms with Gasteiger partial charge in [0.05, 0.1) is 11.4 Å². The molecule has 0 radical (unpaired) electrons. The van der Waals surface area contributed by atoms with Crippen LogP contribution in [0.4, 0.5) is 11.4 Å². The zero-order chi connectivity index (χ0) is 25.9. The van der Waals surface area contributed by atoms with Gasteiger partial charge >= 0.3 is 5.69 Å². The van der Waals surface area contributed by atoms with E-state index in [-0.39, 0.29) is 22.3 Å². The molecule has 0 aliphatic heterocycles. The summed E-state index contributed by atoms with van der Waals surface area (Å²) in [4.78, 5) is 42.5. The molecule has 0 saturated carbocycles. The molecule has 0 atom stereocenters. The number of amides is 1. The molecule has 1 amide bonds.